The normalized spacial score (nSPS) is 9.94. The molecule has 0 unspecified atom stereocenters. The number of nitriles is 1. The van der Waals surface area contributed by atoms with Crippen molar-refractivity contribution in [2.75, 3.05) is 5.32 Å². The van der Waals surface area contributed by atoms with Gasteiger partial charge in [-0.2, -0.15) is 5.26 Å². The first-order valence-corrected chi connectivity index (χ1v) is 5.10. The highest BCUT2D eigenvalue weighted by Gasteiger charge is 2.03. The summed E-state index contributed by atoms with van der Waals surface area (Å²) in [4.78, 5) is 4.15. The number of aryl methyl sites for hydroxylation is 1. The van der Waals surface area contributed by atoms with Crippen molar-refractivity contribution in [2.24, 2.45) is 7.05 Å². The smallest absolute Gasteiger partial charge is 0.141 e. The Labute approximate surface area is 98.3 Å². The molecule has 5 heteroatoms. The van der Waals surface area contributed by atoms with Gasteiger partial charge in [0.05, 0.1) is 12.1 Å². The fourth-order valence-electron chi connectivity index (χ4n) is 1.47. The van der Waals surface area contributed by atoms with E-state index in [2.05, 4.69) is 10.3 Å². The molecule has 1 N–H and O–H groups in total. The SMILES string of the molecule is Cn1ccnc1CNc1ccc(F)c(C#N)c1. The maximum atomic E-state index is 13.1. The van der Waals surface area contributed by atoms with E-state index in [9.17, 15) is 4.39 Å². The number of hydrogen-bond acceptors (Lipinski definition) is 3. The zero-order chi connectivity index (χ0) is 12.3. The third kappa shape index (κ3) is 2.42. The molecular formula is C12H11FN4. The summed E-state index contributed by atoms with van der Waals surface area (Å²) < 4.78 is 15.0. The Kier molecular flexibility index (Phi) is 3.06. The maximum Gasteiger partial charge on any atom is 0.141 e. The average molecular weight is 230 g/mol. The van der Waals surface area contributed by atoms with Gasteiger partial charge in [-0.1, -0.05) is 0 Å². The zero-order valence-electron chi connectivity index (χ0n) is 9.31. The van der Waals surface area contributed by atoms with Gasteiger partial charge in [-0.25, -0.2) is 9.37 Å². The molecule has 4 nitrogen and oxygen atoms in total. The summed E-state index contributed by atoms with van der Waals surface area (Å²) in [5.74, 6) is 0.364. The van der Waals surface area contributed by atoms with Crippen molar-refractivity contribution >= 4 is 5.69 Å². The number of nitrogens with one attached hydrogen (secondary N) is 1. The van der Waals surface area contributed by atoms with Crippen molar-refractivity contribution in [1.29, 1.82) is 5.26 Å². The number of aromatic nitrogens is 2. The van der Waals surface area contributed by atoms with Crippen LogP contribution in [0.25, 0.3) is 0 Å². The number of nitrogens with zero attached hydrogens (tertiary/aromatic N) is 3. The molecule has 0 bridgehead atoms. The van der Waals surface area contributed by atoms with Gasteiger partial charge in [-0.05, 0) is 18.2 Å². The van der Waals surface area contributed by atoms with Gasteiger partial charge in [0.25, 0.3) is 0 Å². The first kappa shape index (κ1) is 11.1. The first-order valence-electron chi connectivity index (χ1n) is 5.10. The van der Waals surface area contributed by atoms with E-state index in [1.165, 1.54) is 12.1 Å². The highest BCUT2D eigenvalue weighted by molar-refractivity contribution is 5.49. The van der Waals surface area contributed by atoms with Gasteiger partial charge < -0.3 is 9.88 Å². The van der Waals surface area contributed by atoms with Gasteiger partial charge >= 0.3 is 0 Å². The molecule has 0 spiro atoms. The molecule has 2 aromatic rings. The van der Waals surface area contributed by atoms with Gasteiger partial charge in [0.1, 0.15) is 17.7 Å². The molecule has 2 rings (SSSR count). The van der Waals surface area contributed by atoms with E-state index in [0.29, 0.717) is 12.2 Å². The second kappa shape index (κ2) is 4.66. The van der Waals surface area contributed by atoms with Gasteiger partial charge in [0, 0.05) is 25.1 Å². The predicted octanol–water partition coefficient (Wildman–Crippen LogP) is 2.04. The van der Waals surface area contributed by atoms with Crippen LogP contribution in [0.2, 0.25) is 0 Å². The summed E-state index contributed by atoms with van der Waals surface area (Å²) in [7, 11) is 1.90. The molecule has 1 aromatic heterocycles. The lowest BCUT2D eigenvalue weighted by Crippen LogP contribution is -2.05. The molecule has 0 atom stereocenters. The number of rotatable bonds is 3. The second-order valence-corrected chi connectivity index (χ2v) is 3.61. The van der Waals surface area contributed by atoms with E-state index >= 15 is 0 Å². The van der Waals surface area contributed by atoms with Crippen molar-refractivity contribution in [1.82, 2.24) is 9.55 Å². The minimum atomic E-state index is -0.505. The highest BCUT2D eigenvalue weighted by atomic mass is 19.1. The van der Waals surface area contributed by atoms with Gasteiger partial charge in [-0.15, -0.1) is 0 Å². The fraction of sp³-hybridized carbons (Fsp3) is 0.167. The lowest BCUT2D eigenvalue weighted by atomic mass is 10.2. The second-order valence-electron chi connectivity index (χ2n) is 3.61. The number of benzene rings is 1. The Morgan fingerprint density at radius 2 is 2.35 bits per heavy atom. The molecule has 0 aliphatic rings. The van der Waals surface area contributed by atoms with Crippen LogP contribution >= 0.6 is 0 Å². The van der Waals surface area contributed by atoms with Crippen molar-refractivity contribution in [3.05, 3.63) is 47.8 Å². The van der Waals surface area contributed by atoms with Crippen LogP contribution in [0.5, 0.6) is 0 Å². The topological polar surface area (TPSA) is 53.6 Å². The molecule has 0 saturated carbocycles. The van der Waals surface area contributed by atoms with Crippen LogP contribution in [-0.4, -0.2) is 9.55 Å². The molecule has 0 saturated heterocycles. The molecule has 0 radical (unpaired) electrons. The summed E-state index contributed by atoms with van der Waals surface area (Å²) in [6.07, 6.45) is 3.56. The maximum absolute atomic E-state index is 13.1. The Bertz CT molecular complexity index is 568. The molecule has 0 amide bonds. The summed E-state index contributed by atoms with van der Waals surface area (Å²) in [6, 6.07) is 6.16. The summed E-state index contributed by atoms with van der Waals surface area (Å²) in [5, 5.41) is 11.8. The quantitative estimate of drug-likeness (QED) is 0.877. The molecule has 17 heavy (non-hydrogen) atoms. The highest BCUT2D eigenvalue weighted by Crippen LogP contribution is 2.14. The van der Waals surface area contributed by atoms with Gasteiger partial charge in [0.15, 0.2) is 0 Å². The molecule has 0 aliphatic carbocycles. The van der Waals surface area contributed by atoms with Crippen LogP contribution in [0.15, 0.2) is 30.6 Å². The van der Waals surface area contributed by atoms with Crippen LogP contribution in [0.4, 0.5) is 10.1 Å². The Morgan fingerprint density at radius 3 is 3.00 bits per heavy atom. The number of imidazole rings is 1. The third-order valence-corrected chi connectivity index (χ3v) is 2.46. The first-order chi connectivity index (χ1) is 8.20. The lowest BCUT2D eigenvalue weighted by Gasteiger charge is -2.06. The number of halogens is 1. The molecule has 1 heterocycles. The van der Waals surface area contributed by atoms with Crippen LogP contribution in [0, 0.1) is 17.1 Å². The summed E-state index contributed by atoms with van der Waals surface area (Å²) >= 11 is 0. The van der Waals surface area contributed by atoms with Crippen molar-refractivity contribution in [3.8, 4) is 6.07 Å². The Balaban J connectivity index is 2.10. The molecule has 86 valence electrons. The van der Waals surface area contributed by atoms with Crippen LogP contribution in [-0.2, 0) is 13.6 Å². The minimum Gasteiger partial charge on any atom is -0.378 e. The van der Waals surface area contributed by atoms with Crippen LogP contribution in [0.3, 0.4) is 0 Å². The van der Waals surface area contributed by atoms with Crippen LogP contribution in [0.1, 0.15) is 11.4 Å². The molecule has 1 aromatic carbocycles. The zero-order valence-corrected chi connectivity index (χ0v) is 9.31. The summed E-state index contributed by atoms with van der Waals surface area (Å²) in [6.45, 7) is 0.528. The van der Waals surface area contributed by atoms with E-state index in [4.69, 9.17) is 5.26 Å². The molecule has 0 fully saturated rings. The molecular weight excluding hydrogens is 219 g/mol. The van der Waals surface area contributed by atoms with Crippen LogP contribution < -0.4 is 5.32 Å². The van der Waals surface area contributed by atoms with E-state index in [0.717, 1.165) is 5.82 Å². The van der Waals surface area contributed by atoms with E-state index < -0.39 is 5.82 Å². The van der Waals surface area contributed by atoms with Crippen molar-refractivity contribution < 1.29 is 4.39 Å². The standard InChI is InChI=1S/C12H11FN4/c1-17-5-4-15-12(17)8-16-10-2-3-11(13)9(6-10)7-14/h2-6,16H,8H2,1H3. The fourth-order valence-corrected chi connectivity index (χ4v) is 1.47. The lowest BCUT2D eigenvalue weighted by molar-refractivity contribution is 0.624. The number of anilines is 1. The predicted molar refractivity (Wildman–Crippen MR) is 61.6 cm³/mol. The Hall–Kier alpha value is -2.35. The number of hydrogen-bond donors (Lipinski definition) is 1. The largest absolute Gasteiger partial charge is 0.378 e. The Morgan fingerprint density at radius 1 is 1.53 bits per heavy atom. The van der Waals surface area contributed by atoms with Gasteiger partial charge in [-0.3, -0.25) is 0 Å². The van der Waals surface area contributed by atoms with Gasteiger partial charge in [0.2, 0.25) is 0 Å². The monoisotopic (exact) mass is 230 g/mol. The van der Waals surface area contributed by atoms with Crippen molar-refractivity contribution in [3.63, 3.8) is 0 Å². The van der Waals surface area contributed by atoms with E-state index in [-0.39, 0.29) is 5.56 Å². The third-order valence-electron chi connectivity index (χ3n) is 2.46. The van der Waals surface area contributed by atoms with E-state index in [1.807, 2.05) is 17.8 Å². The molecule has 0 aliphatic heterocycles. The van der Waals surface area contributed by atoms with Crippen molar-refractivity contribution in [2.45, 2.75) is 6.54 Å². The van der Waals surface area contributed by atoms with E-state index in [1.54, 1.807) is 18.3 Å². The summed E-state index contributed by atoms with van der Waals surface area (Å²) in [5.41, 5.74) is 0.737. The minimum absolute atomic E-state index is 0.0369. The average Bonchev–Trinajstić information content (AvgIpc) is 2.74.